The maximum absolute atomic E-state index is 5.38. The molecule has 0 aromatic carbocycles. The van der Waals surface area contributed by atoms with Crippen molar-refractivity contribution >= 4 is 11.6 Å². The van der Waals surface area contributed by atoms with Crippen molar-refractivity contribution < 1.29 is 4.74 Å². The van der Waals surface area contributed by atoms with E-state index in [1.165, 1.54) is 0 Å². The second-order valence-corrected chi connectivity index (χ2v) is 3.48. The van der Waals surface area contributed by atoms with E-state index in [0.717, 1.165) is 5.69 Å². The van der Waals surface area contributed by atoms with Gasteiger partial charge in [0.05, 0.1) is 24.0 Å². The molecule has 80 valence electrons. The van der Waals surface area contributed by atoms with Crippen LogP contribution in [0.4, 0.5) is 0 Å². The van der Waals surface area contributed by atoms with Gasteiger partial charge in [-0.2, -0.15) is 0 Å². The summed E-state index contributed by atoms with van der Waals surface area (Å²) in [6.45, 7) is 4.43. The first kappa shape index (κ1) is 11.8. The fourth-order valence-electron chi connectivity index (χ4n) is 0.907. The van der Waals surface area contributed by atoms with Crippen LogP contribution >= 0.6 is 11.6 Å². The summed E-state index contributed by atoms with van der Waals surface area (Å²) in [5, 5.41) is 0. The molecule has 0 saturated carbocycles. The van der Waals surface area contributed by atoms with Gasteiger partial charge in [0.25, 0.3) is 0 Å². The minimum Gasteiger partial charge on any atom is -0.463 e. The van der Waals surface area contributed by atoms with Crippen molar-refractivity contribution in [3.05, 3.63) is 18.1 Å². The van der Waals surface area contributed by atoms with Gasteiger partial charge in [-0.3, -0.25) is 4.98 Å². The van der Waals surface area contributed by atoms with Crippen molar-refractivity contribution in [2.75, 3.05) is 12.5 Å². The van der Waals surface area contributed by atoms with E-state index < -0.39 is 0 Å². The molecule has 3 nitrogen and oxygen atoms in total. The Balaban J connectivity index is 2.50. The van der Waals surface area contributed by atoms with Crippen LogP contribution in [0.2, 0.25) is 0 Å². The van der Waals surface area contributed by atoms with Gasteiger partial charge in [0, 0.05) is 0 Å². The van der Waals surface area contributed by atoms with E-state index in [0.29, 0.717) is 24.3 Å². The van der Waals surface area contributed by atoms with Gasteiger partial charge in [0.15, 0.2) is 6.61 Å². The number of alkyl halides is 1. The molecule has 4 heteroatoms. The van der Waals surface area contributed by atoms with E-state index in [1.807, 2.05) is 0 Å². The van der Waals surface area contributed by atoms with Crippen molar-refractivity contribution in [1.29, 1.82) is 0 Å². The third kappa shape index (κ3) is 4.18. The molecule has 0 aliphatic carbocycles. The number of rotatable bonds is 3. The summed E-state index contributed by atoms with van der Waals surface area (Å²) in [5.74, 6) is 6.63. The van der Waals surface area contributed by atoms with Crippen molar-refractivity contribution in [1.82, 2.24) is 9.97 Å². The molecule has 0 amide bonds. The molecule has 1 aromatic rings. The van der Waals surface area contributed by atoms with Crippen LogP contribution in [0.3, 0.4) is 0 Å². The number of nitrogens with zero attached hydrogens (tertiary/aromatic N) is 2. The lowest BCUT2D eigenvalue weighted by Gasteiger charge is -2.04. The van der Waals surface area contributed by atoms with Gasteiger partial charge in [-0.15, -0.1) is 11.6 Å². The third-order valence-corrected chi connectivity index (χ3v) is 1.86. The monoisotopic (exact) mass is 224 g/mol. The second-order valence-electron chi connectivity index (χ2n) is 3.21. The van der Waals surface area contributed by atoms with Crippen LogP contribution in [0.15, 0.2) is 12.4 Å². The van der Waals surface area contributed by atoms with Crippen LogP contribution in [0, 0.1) is 11.8 Å². The van der Waals surface area contributed by atoms with Gasteiger partial charge in [0.1, 0.15) is 0 Å². The van der Waals surface area contributed by atoms with Crippen LogP contribution in [-0.4, -0.2) is 22.5 Å². The summed E-state index contributed by atoms with van der Waals surface area (Å²) < 4.78 is 5.24. The zero-order valence-electron chi connectivity index (χ0n) is 8.83. The highest BCUT2D eigenvalue weighted by atomic mass is 35.5. The number of ether oxygens (including phenoxy) is 1. The minimum absolute atomic E-state index is 0.294. The molecule has 0 aliphatic heterocycles. The van der Waals surface area contributed by atoms with Crippen molar-refractivity contribution in [3.8, 4) is 17.7 Å². The topological polar surface area (TPSA) is 35.0 Å². The molecular weight excluding hydrogens is 212 g/mol. The van der Waals surface area contributed by atoms with Gasteiger partial charge in [-0.1, -0.05) is 25.7 Å². The van der Waals surface area contributed by atoms with E-state index in [4.69, 9.17) is 16.3 Å². The lowest BCUT2D eigenvalue weighted by Crippen LogP contribution is -1.99. The average molecular weight is 225 g/mol. The Kier molecular flexibility index (Phi) is 4.92. The Morgan fingerprint density at radius 2 is 2.13 bits per heavy atom. The average Bonchev–Trinajstić information content (AvgIpc) is 2.25. The highest BCUT2D eigenvalue weighted by Crippen LogP contribution is 2.11. The Bertz CT molecular complexity index is 351. The van der Waals surface area contributed by atoms with E-state index >= 15 is 0 Å². The first-order valence-corrected chi connectivity index (χ1v) is 5.24. The van der Waals surface area contributed by atoms with Crippen molar-refractivity contribution in [2.24, 2.45) is 0 Å². The number of hydrogen-bond acceptors (Lipinski definition) is 3. The van der Waals surface area contributed by atoms with Crippen LogP contribution in [0.1, 0.15) is 25.5 Å². The fourth-order valence-corrected chi connectivity index (χ4v) is 1.00. The standard InChI is InChI=1S/C11H13ClN2O/c1-9(2)10-7-14-11(8-13-10)15-6-4-3-5-12/h7-9H,5-6H2,1-2H3. The molecule has 0 atom stereocenters. The molecule has 1 aromatic heterocycles. The molecule has 0 aliphatic rings. The molecule has 0 radical (unpaired) electrons. The van der Waals surface area contributed by atoms with Gasteiger partial charge in [-0.05, 0) is 5.92 Å². The van der Waals surface area contributed by atoms with Crippen LogP contribution in [0.25, 0.3) is 0 Å². The van der Waals surface area contributed by atoms with Gasteiger partial charge < -0.3 is 4.74 Å². The molecule has 1 heterocycles. The van der Waals surface area contributed by atoms with Gasteiger partial charge in [0.2, 0.25) is 5.88 Å². The lowest BCUT2D eigenvalue weighted by molar-refractivity contribution is 0.353. The predicted molar refractivity (Wildman–Crippen MR) is 60.1 cm³/mol. The van der Waals surface area contributed by atoms with Crippen LogP contribution in [0.5, 0.6) is 5.88 Å². The predicted octanol–water partition coefficient (Wildman–Crippen LogP) is 2.22. The second kappa shape index (κ2) is 6.26. The first-order chi connectivity index (χ1) is 7.24. The summed E-state index contributed by atoms with van der Waals surface area (Å²) in [4.78, 5) is 8.33. The number of hydrogen-bond donors (Lipinski definition) is 0. The third-order valence-electron chi connectivity index (χ3n) is 1.72. The molecular formula is C11H13ClN2O. The SMILES string of the molecule is CC(C)c1cnc(OCC#CCCl)cn1. The Morgan fingerprint density at radius 1 is 1.33 bits per heavy atom. The van der Waals surface area contributed by atoms with E-state index in [2.05, 4.69) is 35.7 Å². The molecule has 0 saturated heterocycles. The van der Waals surface area contributed by atoms with Crippen LogP contribution < -0.4 is 4.74 Å². The molecule has 0 N–H and O–H groups in total. The minimum atomic E-state index is 0.294. The van der Waals surface area contributed by atoms with Gasteiger partial charge >= 0.3 is 0 Å². The quantitative estimate of drug-likeness (QED) is 0.583. The number of aromatic nitrogens is 2. The fraction of sp³-hybridized carbons (Fsp3) is 0.455. The Hall–Kier alpha value is -1.27. The van der Waals surface area contributed by atoms with Gasteiger partial charge in [-0.25, -0.2) is 4.98 Å². The summed E-state index contributed by atoms with van der Waals surface area (Å²) >= 11 is 5.38. The van der Waals surface area contributed by atoms with E-state index in [-0.39, 0.29) is 0 Å². The summed E-state index contributed by atoms with van der Waals surface area (Å²) in [6.07, 6.45) is 3.33. The molecule has 15 heavy (non-hydrogen) atoms. The molecule has 0 spiro atoms. The molecule has 0 bridgehead atoms. The number of halogens is 1. The normalized spacial score (nSPS) is 9.60. The van der Waals surface area contributed by atoms with Crippen LogP contribution in [-0.2, 0) is 0 Å². The summed E-state index contributed by atoms with van der Waals surface area (Å²) in [5.41, 5.74) is 0.953. The summed E-state index contributed by atoms with van der Waals surface area (Å²) in [7, 11) is 0. The molecule has 1 rings (SSSR count). The van der Waals surface area contributed by atoms with Crippen molar-refractivity contribution in [3.63, 3.8) is 0 Å². The summed E-state index contributed by atoms with van der Waals surface area (Å²) in [6, 6.07) is 0. The maximum Gasteiger partial charge on any atom is 0.233 e. The molecule has 0 unspecified atom stereocenters. The highest BCUT2D eigenvalue weighted by molar-refractivity contribution is 6.19. The zero-order chi connectivity index (χ0) is 11.1. The highest BCUT2D eigenvalue weighted by Gasteiger charge is 2.01. The largest absolute Gasteiger partial charge is 0.463 e. The lowest BCUT2D eigenvalue weighted by atomic mass is 10.1. The maximum atomic E-state index is 5.38. The van der Waals surface area contributed by atoms with Crippen molar-refractivity contribution in [2.45, 2.75) is 19.8 Å². The zero-order valence-corrected chi connectivity index (χ0v) is 9.58. The van der Waals surface area contributed by atoms with E-state index in [9.17, 15) is 0 Å². The molecule has 0 fully saturated rings. The first-order valence-electron chi connectivity index (χ1n) is 4.70. The van der Waals surface area contributed by atoms with E-state index in [1.54, 1.807) is 12.4 Å². The Morgan fingerprint density at radius 3 is 2.67 bits per heavy atom. The smallest absolute Gasteiger partial charge is 0.233 e. The Labute approximate surface area is 94.8 Å².